The molecule has 0 radical (unpaired) electrons. The third kappa shape index (κ3) is 3.44. The number of benzene rings is 2. The molecule has 2 aromatic rings. The highest BCUT2D eigenvalue weighted by atomic mass is 32.2. The number of carbonyl (C=O) groups is 1. The number of hydrogen-bond acceptors (Lipinski definition) is 2. The molecule has 0 heterocycles. The lowest BCUT2D eigenvalue weighted by atomic mass is 10.1. The van der Waals surface area contributed by atoms with Crippen LogP contribution in [0, 0.1) is 0 Å². The van der Waals surface area contributed by atoms with Gasteiger partial charge in [0.1, 0.15) is 0 Å². The van der Waals surface area contributed by atoms with Gasteiger partial charge in [0, 0.05) is 16.2 Å². The van der Waals surface area contributed by atoms with Crippen LogP contribution < -0.4 is 0 Å². The van der Waals surface area contributed by atoms with E-state index in [-0.39, 0.29) is 0 Å². The smallest absolute Gasteiger partial charge is 0.193 e. The molecule has 2 aromatic carbocycles. The number of rotatable bonds is 5. The van der Waals surface area contributed by atoms with Crippen molar-refractivity contribution in [1.29, 1.82) is 0 Å². The Balaban J connectivity index is 1.97. The molecule has 2 rings (SSSR count). The van der Waals surface area contributed by atoms with Crippen molar-refractivity contribution in [3.63, 3.8) is 0 Å². The van der Waals surface area contributed by atoms with Crippen LogP contribution in [-0.2, 0) is 5.75 Å². The number of thioether (sulfide) groups is 1. The maximum atomic E-state index is 12.2. The average Bonchev–Trinajstić information content (AvgIpc) is 2.46. The molecule has 3 heteroatoms. The Labute approximate surface area is 110 Å². The second kappa shape index (κ2) is 6.36. The lowest BCUT2D eigenvalue weighted by Crippen LogP contribution is -1.99. The average molecular weight is 260 g/mol. The minimum atomic E-state index is -0.934. The molecule has 0 unspecified atom stereocenters. The predicted molar refractivity (Wildman–Crippen MR) is 72.8 cm³/mol. The van der Waals surface area contributed by atoms with Gasteiger partial charge in [0.2, 0.25) is 0 Å². The fraction of sp³-hybridized carbons (Fsp3) is 0.133. The highest BCUT2D eigenvalue weighted by molar-refractivity contribution is 7.98. The predicted octanol–water partition coefficient (Wildman–Crippen LogP) is 4.13. The van der Waals surface area contributed by atoms with Gasteiger partial charge in [0.15, 0.2) is 12.5 Å². The summed E-state index contributed by atoms with van der Waals surface area (Å²) in [5.41, 5.74) is 1.69. The normalized spacial score (nSPS) is 10.3. The van der Waals surface area contributed by atoms with Crippen molar-refractivity contribution in [3.8, 4) is 0 Å². The van der Waals surface area contributed by atoms with Gasteiger partial charge in [0.25, 0.3) is 0 Å². The van der Waals surface area contributed by atoms with Crippen molar-refractivity contribution < 1.29 is 9.18 Å². The quantitative estimate of drug-likeness (QED) is 0.594. The molecule has 0 aliphatic heterocycles. The minimum absolute atomic E-state index is 0.432. The standard InChI is InChI=1S/C15H13FOS/c16-10-15(17)13-6-8-14(9-7-13)18-11-12-4-2-1-3-5-12/h1-9H,10-11H2. The summed E-state index contributed by atoms with van der Waals surface area (Å²) < 4.78 is 12.2. The van der Waals surface area contributed by atoms with Gasteiger partial charge in [-0.1, -0.05) is 42.5 Å². The van der Waals surface area contributed by atoms with E-state index in [4.69, 9.17) is 0 Å². The zero-order chi connectivity index (χ0) is 12.8. The van der Waals surface area contributed by atoms with Crippen LogP contribution in [0.1, 0.15) is 15.9 Å². The molecule has 0 aliphatic carbocycles. The summed E-state index contributed by atoms with van der Waals surface area (Å²) in [6.07, 6.45) is 0. The lowest BCUT2D eigenvalue weighted by molar-refractivity contribution is 0.0958. The summed E-state index contributed by atoms with van der Waals surface area (Å²) in [6.45, 7) is -0.934. The van der Waals surface area contributed by atoms with Gasteiger partial charge in [-0.3, -0.25) is 4.79 Å². The monoisotopic (exact) mass is 260 g/mol. The van der Waals surface area contributed by atoms with E-state index in [0.717, 1.165) is 10.6 Å². The molecule has 0 spiro atoms. The first-order chi connectivity index (χ1) is 8.79. The second-order valence-corrected chi connectivity index (χ2v) is 4.90. The maximum absolute atomic E-state index is 12.2. The van der Waals surface area contributed by atoms with E-state index in [1.165, 1.54) is 5.56 Å². The Morgan fingerprint density at radius 2 is 1.67 bits per heavy atom. The molecule has 0 aromatic heterocycles. The van der Waals surface area contributed by atoms with E-state index in [0.29, 0.717) is 5.56 Å². The molecule has 0 bridgehead atoms. The third-order valence-electron chi connectivity index (χ3n) is 2.55. The SMILES string of the molecule is O=C(CF)c1ccc(SCc2ccccc2)cc1. The lowest BCUT2D eigenvalue weighted by Gasteiger charge is -2.03. The van der Waals surface area contributed by atoms with Crippen molar-refractivity contribution in [3.05, 3.63) is 65.7 Å². The molecule has 1 nitrogen and oxygen atoms in total. The van der Waals surface area contributed by atoms with Crippen molar-refractivity contribution in [2.75, 3.05) is 6.67 Å². The fourth-order valence-corrected chi connectivity index (χ4v) is 2.41. The first-order valence-corrected chi connectivity index (χ1v) is 6.64. The van der Waals surface area contributed by atoms with Crippen LogP contribution >= 0.6 is 11.8 Å². The Morgan fingerprint density at radius 1 is 1.00 bits per heavy atom. The molecule has 0 saturated carbocycles. The number of halogens is 1. The van der Waals surface area contributed by atoms with E-state index in [1.54, 1.807) is 23.9 Å². The molecular formula is C15H13FOS. The van der Waals surface area contributed by atoms with Crippen molar-refractivity contribution in [2.24, 2.45) is 0 Å². The molecule has 18 heavy (non-hydrogen) atoms. The van der Waals surface area contributed by atoms with E-state index in [9.17, 15) is 9.18 Å². The third-order valence-corrected chi connectivity index (χ3v) is 3.63. The Morgan fingerprint density at radius 3 is 2.28 bits per heavy atom. The number of ketones is 1. The zero-order valence-corrected chi connectivity index (χ0v) is 10.6. The van der Waals surface area contributed by atoms with Crippen LogP contribution in [0.5, 0.6) is 0 Å². The van der Waals surface area contributed by atoms with Crippen LogP contribution in [0.25, 0.3) is 0 Å². The molecule has 0 amide bonds. The summed E-state index contributed by atoms with van der Waals surface area (Å²) in [6, 6.07) is 17.2. The van der Waals surface area contributed by atoms with Crippen molar-refractivity contribution in [2.45, 2.75) is 10.6 Å². The molecule has 0 saturated heterocycles. The topological polar surface area (TPSA) is 17.1 Å². The van der Waals surface area contributed by atoms with Gasteiger partial charge in [-0.2, -0.15) is 0 Å². The highest BCUT2D eigenvalue weighted by Gasteiger charge is 2.04. The van der Waals surface area contributed by atoms with Gasteiger partial charge < -0.3 is 0 Å². The number of hydrogen-bond donors (Lipinski definition) is 0. The molecule has 92 valence electrons. The highest BCUT2D eigenvalue weighted by Crippen LogP contribution is 2.23. The van der Waals surface area contributed by atoms with Crippen LogP contribution in [0.4, 0.5) is 4.39 Å². The summed E-state index contributed by atoms with van der Waals surface area (Å²) in [4.78, 5) is 12.2. The Bertz CT molecular complexity index is 508. The van der Waals surface area contributed by atoms with Crippen LogP contribution in [0.15, 0.2) is 59.5 Å². The van der Waals surface area contributed by atoms with Crippen molar-refractivity contribution in [1.82, 2.24) is 0 Å². The van der Waals surface area contributed by atoms with E-state index < -0.39 is 12.5 Å². The molecule has 0 aliphatic rings. The fourth-order valence-electron chi connectivity index (χ4n) is 1.56. The van der Waals surface area contributed by atoms with Gasteiger partial charge >= 0.3 is 0 Å². The first-order valence-electron chi connectivity index (χ1n) is 5.65. The first kappa shape index (κ1) is 12.8. The molecule has 0 N–H and O–H groups in total. The van der Waals surface area contributed by atoms with E-state index >= 15 is 0 Å². The summed E-state index contributed by atoms with van der Waals surface area (Å²) in [5.74, 6) is 0.423. The summed E-state index contributed by atoms with van der Waals surface area (Å²) >= 11 is 1.70. The summed E-state index contributed by atoms with van der Waals surface area (Å²) in [5, 5.41) is 0. The number of alkyl halides is 1. The summed E-state index contributed by atoms with van der Waals surface area (Å²) in [7, 11) is 0. The zero-order valence-electron chi connectivity index (χ0n) is 9.80. The number of carbonyl (C=O) groups excluding carboxylic acids is 1. The van der Waals surface area contributed by atoms with E-state index in [1.807, 2.05) is 30.3 Å². The van der Waals surface area contributed by atoms with Crippen LogP contribution in [0.3, 0.4) is 0 Å². The van der Waals surface area contributed by atoms with Gasteiger partial charge in [-0.25, -0.2) is 4.39 Å². The van der Waals surface area contributed by atoms with Crippen LogP contribution in [-0.4, -0.2) is 12.5 Å². The molecular weight excluding hydrogens is 247 g/mol. The second-order valence-electron chi connectivity index (χ2n) is 3.86. The maximum Gasteiger partial charge on any atom is 0.193 e. The van der Waals surface area contributed by atoms with Gasteiger partial charge in [-0.05, 0) is 17.7 Å². The molecule has 0 atom stereocenters. The Kier molecular flexibility index (Phi) is 4.53. The molecule has 0 fully saturated rings. The van der Waals surface area contributed by atoms with Gasteiger partial charge in [0.05, 0.1) is 0 Å². The largest absolute Gasteiger partial charge is 0.291 e. The van der Waals surface area contributed by atoms with Crippen LogP contribution in [0.2, 0.25) is 0 Å². The van der Waals surface area contributed by atoms with E-state index in [2.05, 4.69) is 12.1 Å². The Hall–Kier alpha value is -1.61. The minimum Gasteiger partial charge on any atom is -0.291 e. The van der Waals surface area contributed by atoms with Gasteiger partial charge in [-0.15, -0.1) is 11.8 Å². The van der Waals surface area contributed by atoms with Crippen molar-refractivity contribution >= 4 is 17.5 Å². The number of Topliss-reactive ketones (excluding diaryl/α,β-unsaturated/α-hetero) is 1.